The van der Waals surface area contributed by atoms with Crippen LogP contribution in [0.5, 0.6) is 11.5 Å². The van der Waals surface area contributed by atoms with Gasteiger partial charge in [-0.1, -0.05) is 0 Å². The van der Waals surface area contributed by atoms with E-state index in [9.17, 15) is 14.7 Å². The van der Waals surface area contributed by atoms with Crippen LogP contribution in [0, 0.1) is 17.8 Å². The molecule has 224 valence electrons. The number of hydrogen-bond acceptors (Lipinski definition) is 7. The lowest BCUT2D eigenvalue weighted by atomic mass is 9.86. The van der Waals surface area contributed by atoms with Crippen LogP contribution < -0.4 is 14.8 Å². The Kier molecular flexibility index (Phi) is 11.1. The van der Waals surface area contributed by atoms with E-state index in [1.165, 1.54) is 0 Å². The van der Waals surface area contributed by atoms with Crippen LogP contribution >= 0.6 is 0 Å². The topological polar surface area (TPSA) is 101 Å². The van der Waals surface area contributed by atoms with Crippen molar-refractivity contribution in [2.75, 3.05) is 53.6 Å². The van der Waals surface area contributed by atoms with Crippen LogP contribution in [0.25, 0.3) is 0 Å². The lowest BCUT2D eigenvalue weighted by molar-refractivity contribution is -0.138. The molecule has 2 atom stereocenters. The molecule has 2 N–H and O–H groups in total. The Hall–Kier alpha value is -2.36. The maximum absolute atomic E-state index is 13.8. The van der Waals surface area contributed by atoms with Crippen molar-refractivity contribution in [3.8, 4) is 11.5 Å². The summed E-state index contributed by atoms with van der Waals surface area (Å²) in [6.45, 7) is 8.24. The van der Waals surface area contributed by atoms with Gasteiger partial charge in [0.05, 0.1) is 19.8 Å². The van der Waals surface area contributed by atoms with Crippen molar-refractivity contribution in [2.24, 2.45) is 17.8 Å². The average Bonchev–Trinajstić information content (AvgIpc) is 3.70. The Morgan fingerprint density at radius 3 is 2.30 bits per heavy atom. The number of amides is 2. The first-order valence-electron chi connectivity index (χ1n) is 15.1. The first-order valence-corrected chi connectivity index (χ1v) is 15.1. The highest BCUT2D eigenvalue weighted by Crippen LogP contribution is 2.35. The van der Waals surface area contributed by atoms with Crippen LogP contribution in [0.3, 0.4) is 0 Å². The van der Waals surface area contributed by atoms with E-state index in [1.54, 1.807) is 32.4 Å². The van der Waals surface area contributed by atoms with Crippen LogP contribution in [0.1, 0.15) is 69.2 Å². The third kappa shape index (κ3) is 7.89. The zero-order chi connectivity index (χ0) is 28.6. The highest BCUT2D eigenvalue weighted by atomic mass is 16.5. The second-order valence-corrected chi connectivity index (χ2v) is 12.0. The zero-order valence-corrected chi connectivity index (χ0v) is 24.8. The fraction of sp³-hybridized carbons (Fsp3) is 0.742. The van der Waals surface area contributed by atoms with Gasteiger partial charge >= 0.3 is 0 Å². The Bertz CT molecular complexity index is 976. The van der Waals surface area contributed by atoms with Crippen molar-refractivity contribution in [3.05, 3.63) is 23.8 Å². The Morgan fingerprint density at radius 2 is 1.68 bits per heavy atom. The number of rotatable bonds is 14. The van der Waals surface area contributed by atoms with Crippen molar-refractivity contribution in [2.45, 2.75) is 77.0 Å². The van der Waals surface area contributed by atoms with E-state index in [1.807, 2.05) is 4.90 Å². The molecule has 0 bridgehead atoms. The van der Waals surface area contributed by atoms with Gasteiger partial charge in [-0.05, 0) is 82.4 Å². The molecule has 3 aliphatic rings. The zero-order valence-electron chi connectivity index (χ0n) is 24.8. The van der Waals surface area contributed by atoms with Gasteiger partial charge in [0.25, 0.3) is 5.91 Å². The fourth-order valence-electron chi connectivity index (χ4n) is 6.08. The van der Waals surface area contributed by atoms with Crippen molar-refractivity contribution < 1.29 is 28.9 Å². The van der Waals surface area contributed by atoms with Gasteiger partial charge in [0.1, 0.15) is 0 Å². The number of benzene rings is 1. The molecular formula is C31H49N3O6. The second kappa shape index (κ2) is 14.5. The van der Waals surface area contributed by atoms with Crippen LogP contribution in [-0.2, 0) is 9.53 Å². The summed E-state index contributed by atoms with van der Waals surface area (Å²) in [5.41, 5.74) is 0.577. The molecule has 2 aliphatic carbocycles. The van der Waals surface area contributed by atoms with Gasteiger partial charge in [0, 0.05) is 69.9 Å². The molecule has 40 heavy (non-hydrogen) atoms. The number of aliphatic hydroxyl groups is 1. The van der Waals surface area contributed by atoms with Crippen molar-refractivity contribution in [3.63, 3.8) is 0 Å². The summed E-state index contributed by atoms with van der Waals surface area (Å²) >= 11 is 0. The summed E-state index contributed by atoms with van der Waals surface area (Å²) in [5, 5.41) is 13.4. The summed E-state index contributed by atoms with van der Waals surface area (Å²) in [6.07, 6.45) is 5.65. The van der Waals surface area contributed by atoms with Gasteiger partial charge in [-0.25, -0.2) is 0 Å². The second-order valence-electron chi connectivity index (χ2n) is 12.0. The maximum atomic E-state index is 13.8. The standard InChI is InChI=1S/C31H49N3O6/c1-21(2)33(31(37)23-8-13-28(39-4)29(16-23)40-15-5-14-38-3)19-24-17-32-18-25(24)20-34(26-9-10-26)30(36)22-6-11-27(35)12-7-22/h8,13,16,21-22,24-27,32,35H,5-7,9-12,14-15,17-20H2,1-4H3/t22?,24-,25-,27?/m0/s1. The largest absolute Gasteiger partial charge is 0.493 e. The van der Waals surface area contributed by atoms with Crippen LogP contribution in [-0.4, -0.2) is 98.5 Å². The monoisotopic (exact) mass is 559 g/mol. The predicted octanol–water partition coefficient (Wildman–Crippen LogP) is 3.34. The molecule has 3 fully saturated rings. The normalized spacial score (nSPS) is 24.6. The molecule has 9 nitrogen and oxygen atoms in total. The van der Waals surface area contributed by atoms with Gasteiger partial charge in [-0.15, -0.1) is 0 Å². The third-order valence-corrected chi connectivity index (χ3v) is 8.70. The quantitative estimate of drug-likeness (QED) is 0.337. The lowest BCUT2D eigenvalue weighted by Gasteiger charge is -2.35. The first-order chi connectivity index (χ1) is 19.3. The smallest absolute Gasteiger partial charge is 0.254 e. The molecule has 2 saturated carbocycles. The van der Waals surface area contributed by atoms with Gasteiger partial charge in [-0.3, -0.25) is 9.59 Å². The molecule has 1 aromatic carbocycles. The molecule has 0 unspecified atom stereocenters. The van der Waals surface area contributed by atoms with Gasteiger partial charge in [0.15, 0.2) is 11.5 Å². The van der Waals surface area contributed by atoms with Crippen LogP contribution in [0.4, 0.5) is 0 Å². The molecule has 9 heteroatoms. The van der Waals surface area contributed by atoms with Gasteiger partial charge < -0.3 is 34.4 Å². The van der Waals surface area contributed by atoms with E-state index in [-0.39, 0.29) is 35.8 Å². The highest BCUT2D eigenvalue weighted by Gasteiger charge is 2.41. The molecule has 1 heterocycles. The molecule has 0 aromatic heterocycles. The molecule has 1 aliphatic heterocycles. The summed E-state index contributed by atoms with van der Waals surface area (Å²) in [7, 11) is 3.26. The summed E-state index contributed by atoms with van der Waals surface area (Å²) in [6, 6.07) is 5.75. The summed E-state index contributed by atoms with van der Waals surface area (Å²) < 4.78 is 16.5. The minimum atomic E-state index is -0.259. The number of aliphatic hydroxyl groups excluding tert-OH is 1. The molecule has 0 spiro atoms. The molecular weight excluding hydrogens is 510 g/mol. The van der Waals surface area contributed by atoms with Crippen molar-refractivity contribution in [1.82, 2.24) is 15.1 Å². The van der Waals surface area contributed by atoms with E-state index < -0.39 is 0 Å². The predicted molar refractivity (Wildman–Crippen MR) is 154 cm³/mol. The van der Waals surface area contributed by atoms with E-state index in [4.69, 9.17) is 14.2 Å². The number of methoxy groups -OCH3 is 2. The van der Waals surface area contributed by atoms with E-state index in [0.717, 1.165) is 64.6 Å². The van der Waals surface area contributed by atoms with Gasteiger partial charge in [-0.2, -0.15) is 0 Å². The molecule has 4 rings (SSSR count). The Labute approximate surface area is 239 Å². The molecule has 2 amide bonds. The Balaban J connectivity index is 1.42. The maximum Gasteiger partial charge on any atom is 0.254 e. The first kappa shape index (κ1) is 30.6. The molecule has 0 radical (unpaired) electrons. The van der Waals surface area contributed by atoms with E-state index in [0.29, 0.717) is 48.8 Å². The van der Waals surface area contributed by atoms with Crippen molar-refractivity contribution >= 4 is 11.8 Å². The number of hydrogen-bond donors (Lipinski definition) is 2. The lowest BCUT2D eigenvalue weighted by Crippen LogP contribution is -2.46. The van der Waals surface area contributed by atoms with Crippen molar-refractivity contribution in [1.29, 1.82) is 0 Å². The number of nitrogens with zero attached hydrogens (tertiary/aromatic N) is 2. The minimum absolute atomic E-state index is 0.0248. The highest BCUT2D eigenvalue weighted by molar-refractivity contribution is 5.95. The minimum Gasteiger partial charge on any atom is -0.493 e. The van der Waals surface area contributed by atoms with Crippen LogP contribution in [0.2, 0.25) is 0 Å². The number of carbonyl (C=O) groups excluding carboxylic acids is 2. The molecule has 1 saturated heterocycles. The summed E-state index contributed by atoms with van der Waals surface area (Å²) in [5.74, 6) is 1.99. The fourth-order valence-corrected chi connectivity index (χ4v) is 6.08. The van der Waals surface area contributed by atoms with Crippen LogP contribution in [0.15, 0.2) is 18.2 Å². The summed E-state index contributed by atoms with van der Waals surface area (Å²) in [4.78, 5) is 31.4. The van der Waals surface area contributed by atoms with Gasteiger partial charge in [0.2, 0.25) is 5.91 Å². The third-order valence-electron chi connectivity index (χ3n) is 8.70. The SMILES string of the molecule is COCCCOc1cc(C(=O)N(C[C@@H]2CNC[C@H]2CN(C(=O)C2CCC(O)CC2)C2CC2)C(C)C)ccc1OC. The number of nitrogens with one attached hydrogen (secondary N) is 1. The number of ether oxygens (including phenoxy) is 3. The average molecular weight is 560 g/mol. The van der Waals surface area contributed by atoms with E-state index in [2.05, 4.69) is 24.1 Å². The number of carbonyl (C=O) groups is 2. The molecule has 1 aromatic rings. The van der Waals surface area contributed by atoms with E-state index >= 15 is 0 Å². The Morgan fingerprint density at radius 1 is 0.975 bits per heavy atom.